The van der Waals surface area contributed by atoms with Crippen LogP contribution in [0.5, 0.6) is 0 Å². The summed E-state index contributed by atoms with van der Waals surface area (Å²) >= 11 is 1.42. The van der Waals surface area contributed by atoms with Crippen LogP contribution in [0.25, 0.3) is 0 Å². The second kappa shape index (κ2) is 3.24. The average molecular weight is 225 g/mol. The van der Waals surface area contributed by atoms with Crippen molar-refractivity contribution < 1.29 is 9.90 Å². The van der Waals surface area contributed by atoms with Crippen molar-refractivity contribution >= 4 is 17.5 Å². The maximum atomic E-state index is 10.8. The van der Waals surface area contributed by atoms with Crippen molar-refractivity contribution in [1.82, 2.24) is 14.5 Å². The first kappa shape index (κ1) is 9.23. The first-order chi connectivity index (χ1) is 7.25. The molecule has 0 radical (unpaired) electrons. The lowest BCUT2D eigenvalue weighted by Crippen LogP contribution is -2.40. The third-order valence-electron chi connectivity index (χ3n) is 3.28. The number of rotatable bonds is 2. The highest BCUT2D eigenvalue weighted by Gasteiger charge is 2.42. The minimum Gasteiger partial charge on any atom is -0.480 e. The molecule has 1 saturated heterocycles. The number of fused-ring (bicyclic) bond motifs is 4. The van der Waals surface area contributed by atoms with Crippen LogP contribution in [-0.4, -0.2) is 38.1 Å². The summed E-state index contributed by atoms with van der Waals surface area (Å²) in [5, 5.41) is 13.0. The highest BCUT2D eigenvalue weighted by Crippen LogP contribution is 2.43. The van der Waals surface area contributed by atoms with Crippen LogP contribution in [0.3, 0.4) is 0 Å². The van der Waals surface area contributed by atoms with Gasteiger partial charge in [0.1, 0.15) is 0 Å². The summed E-state index contributed by atoms with van der Waals surface area (Å²) in [7, 11) is 0. The average Bonchev–Trinajstić information content (AvgIpc) is 2.72. The first-order valence-corrected chi connectivity index (χ1v) is 5.81. The molecule has 80 valence electrons. The van der Waals surface area contributed by atoms with Gasteiger partial charge < -0.3 is 5.11 Å². The van der Waals surface area contributed by atoms with Crippen molar-refractivity contribution in [3.63, 3.8) is 0 Å². The highest BCUT2D eigenvalue weighted by molar-refractivity contribution is 7.05. The number of aliphatic carboxylic acids is 1. The van der Waals surface area contributed by atoms with Gasteiger partial charge in [-0.2, -0.15) is 0 Å². The largest absolute Gasteiger partial charge is 0.480 e. The van der Waals surface area contributed by atoms with Gasteiger partial charge in [0.15, 0.2) is 0 Å². The van der Waals surface area contributed by atoms with Gasteiger partial charge in [0.05, 0.1) is 17.1 Å². The lowest BCUT2D eigenvalue weighted by atomic mass is 10.1. The standard InChI is InChI=1S/C9H11N3O2S/c13-8(14)4-12-5-1-2-7(12)9-6(3-5)10-11-15-9/h5,7H,1-4H2,(H,13,14)/t5-,7+/m0/s1. The molecule has 5 nitrogen and oxygen atoms in total. The van der Waals surface area contributed by atoms with Crippen molar-refractivity contribution in [3.8, 4) is 0 Å². The zero-order valence-electron chi connectivity index (χ0n) is 8.09. The molecule has 0 aromatic carbocycles. The van der Waals surface area contributed by atoms with Gasteiger partial charge in [-0.05, 0) is 24.4 Å². The van der Waals surface area contributed by atoms with Crippen molar-refractivity contribution in [3.05, 3.63) is 10.6 Å². The highest BCUT2D eigenvalue weighted by atomic mass is 32.1. The molecular weight excluding hydrogens is 214 g/mol. The van der Waals surface area contributed by atoms with E-state index in [9.17, 15) is 4.79 Å². The monoisotopic (exact) mass is 225 g/mol. The van der Waals surface area contributed by atoms with E-state index in [2.05, 4.69) is 14.5 Å². The van der Waals surface area contributed by atoms with E-state index in [1.54, 1.807) is 0 Å². The molecule has 15 heavy (non-hydrogen) atoms. The second-order valence-corrected chi connectivity index (χ2v) is 4.89. The maximum absolute atomic E-state index is 10.8. The van der Waals surface area contributed by atoms with Gasteiger partial charge in [-0.25, -0.2) is 0 Å². The molecule has 2 aliphatic heterocycles. The third kappa shape index (κ3) is 1.36. The second-order valence-electron chi connectivity index (χ2n) is 4.10. The van der Waals surface area contributed by atoms with Crippen LogP contribution in [-0.2, 0) is 11.2 Å². The lowest BCUT2D eigenvalue weighted by Gasteiger charge is -2.31. The minimum atomic E-state index is -0.743. The molecule has 2 atom stereocenters. The van der Waals surface area contributed by atoms with Crippen molar-refractivity contribution in [2.24, 2.45) is 0 Å². The molecule has 0 saturated carbocycles. The predicted molar refractivity (Wildman–Crippen MR) is 53.7 cm³/mol. The topological polar surface area (TPSA) is 66.3 Å². The Morgan fingerprint density at radius 2 is 2.47 bits per heavy atom. The summed E-state index contributed by atoms with van der Waals surface area (Å²) in [5.41, 5.74) is 1.09. The zero-order valence-corrected chi connectivity index (χ0v) is 8.90. The summed E-state index contributed by atoms with van der Waals surface area (Å²) in [6, 6.07) is 0.623. The van der Waals surface area contributed by atoms with E-state index in [0.717, 1.165) is 25.0 Å². The summed E-state index contributed by atoms with van der Waals surface area (Å²) in [5.74, 6) is -0.743. The van der Waals surface area contributed by atoms with Gasteiger partial charge in [-0.1, -0.05) is 4.49 Å². The number of hydrogen-bond donors (Lipinski definition) is 1. The number of carbonyl (C=O) groups is 1. The number of nitrogens with zero attached hydrogens (tertiary/aromatic N) is 3. The lowest BCUT2D eigenvalue weighted by molar-refractivity contribution is -0.139. The SMILES string of the molecule is O=C(O)CN1[C@H]2CC[C@@H]1c1snnc1C2. The summed E-state index contributed by atoms with van der Waals surface area (Å²) in [4.78, 5) is 14.0. The van der Waals surface area contributed by atoms with E-state index in [-0.39, 0.29) is 12.6 Å². The molecule has 1 fully saturated rings. The zero-order chi connectivity index (χ0) is 10.4. The number of hydrogen-bond acceptors (Lipinski definition) is 5. The molecule has 2 aliphatic rings. The Morgan fingerprint density at radius 3 is 3.27 bits per heavy atom. The van der Waals surface area contributed by atoms with Gasteiger partial charge >= 0.3 is 5.97 Å². The molecule has 2 bridgehead atoms. The summed E-state index contributed by atoms with van der Waals surface area (Å²) < 4.78 is 3.95. The van der Waals surface area contributed by atoms with Crippen LogP contribution < -0.4 is 0 Å². The maximum Gasteiger partial charge on any atom is 0.317 e. The molecule has 0 aliphatic carbocycles. The van der Waals surface area contributed by atoms with Gasteiger partial charge in [0.25, 0.3) is 0 Å². The molecule has 0 spiro atoms. The molecule has 1 aromatic heterocycles. The van der Waals surface area contributed by atoms with E-state index >= 15 is 0 Å². The fraction of sp³-hybridized carbons (Fsp3) is 0.667. The fourth-order valence-electron chi connectivity index (χ4n) is 2.67. The fourth-order valence-corrected chi connectivity index (χ4v) is 3.50. The smallest absolute Gasteiger partial charge is 0.317 e. The van der Waals surface area contributed by atoms with E-state index in [0.29, 0.717) is 6.04 Å². The van der Waals surface area contributed by atoms with Crippen LogP contribution in [0.1, 0.15) is 29.5 Å². The molecule has 0 unspecified atom stereocenters. The van der Waals surface area contributed by atoms with Gasteiger partial charge in [-0.15, -0.1) is 5.10 Å². The third-order valence-corrected chi connectivity index (χ3v) is 4.14. The first-order valence-electron chi connectivity index (χ1n) is 5.04. The van der Waals surface area contributed by atoms with E-state index < -0.39 is 5.97 Å². The van der Waals surface area contributed by atoms with Crippen LogP contribution in [0.15, 0.2) is 0 Å². The number of carboxylic acid groups (broad SMARTS) is 1. The Morgan fingerprint density at radius 1 is 1.60 bits per heavy atom. The van der Waals surface area contributed by atoms with Gasteiger partial charge in [-0.3, -0.25) is 9.69 Å². The van der Waals surface area contributed by atoms with Crippen LogP contribution in [0, 0.1) is 0 Å². The van der Waals surface area contributed by atoms with E-state index in [1.807, 2.05) is 0 Å². The van der Waals surface area contributed by atoms with Crippen molar-refractivity contribution in [1.29, 1.82) is 0 Å². The molecule has 0 amide bonds. The summed E-state index contributed by atoms with van der Waals surface area (Å²) in [6.07, 6.45) is 3.01. The van der Waals surface area contributed by atoms with Crippen LogP contribution in [0.4, 0.5) is 0 Å². The Balaban J connectivity index is 1.93. The Kier molecular flexibility index (Phi) is 2.00. The summed E-state index contributed by atoms with van der Waals surface area (Å²) in [6.45, 7) is 0.146. The normalized spacial score (nSPS) is 29.1. The predicted octanol–water partition coefficient (Wildman–Crippen LogP) is 0.684. The molecule has 3 heterocycles. The quantitative estimate of drug-likeness (QED) is 0.802. The van der Waals surface area contributed by atoms with Gasteiger partial charge in [0.2, 0.25) is 0 Å². The van der Waals surface area contributed by atoms with Crippen LogP contribution in [0.2, 0.25) is 0 Å². The Bertz CT molecular complexity index is 406. The molecule has 1 N–H and O–H groups in total. The Labute approximate surface area is 90.9 Å². The van der Waals surface area contributed by atoms with E-state index in [4.69, 9.17) is 5.11 Å². The van der Waals surface area contributed by atoms with Crippen molar-refractivity contribution in [2.75, 3.05) is 6.54 Å². The minimum absolute atomic E-state index is 0.146. The Hall–Kier alpha value is -1.01. The van der Waals surface area contributed by atoms with Gasteiger partial charge in [0, 0.05) is 18.5 Å². The van der Waals surface area contributed by atoms with Crippen LogP contribution >= 0.6 is 11.5 Å². The molecule has 6 heteroatoms. The number of carboxylic acids is 1. The molecule has 3 rings (SSSR count). The molecule has 1 aromatic rings. The van der Waals surface area contributed by atoms with Crippen molar-refractivity contribution in [2.45, 2.75) is 31.3 Å². The molecular formula is C9H11N3O2S. The number of aromatic nitrogens is 2. The van der Waals surface area contributed by atoms with E-state index in [1.165, 1.54) is 16.4 Å².